The van der Waals surface area contributed by atoms with Gasteiger partial charge in [0, 0.05) is 23.9 Å². The van der Waals surface area contributed by atoms with Gasteiger partial charge in [-0.2, -0.15) is 0 Å². The van der Waals surface area contributed by atoms with E-state index in [1.165, 1.54) is 6.07 Å². The van der Waals surface area contributed by atoms with E-state index in [0.717, 1.165) is 48.3 Å². The smallest absolute Gasteiger partial charge is 0.234 e. The molecule has 33 heavy (non-hydrogen) atoms. The van der Waals surface area contributed by atoms with Crippen molar-refractivity contribution in [3.63, 3.8) is 0 Å². The minimum atomic E-state index is -0.433. The second kappa shape index (κ2) is 8.90. The van der Waals surface area contributed by atoms with E-state index in [-0.39, 0.29) is 17.6 Å². The SMILES string of the molecule is Cc1c[nH]c2nc[nH+]c(N3CCC(C(=O)Nc4cccc(Oc5ccccc5F)c4)CC3)c12. The Labute approximate surface area is 190 Å². The number of carbonyl (C=O) groups is 1. The number of para-hydroxylation sites is 1. The van der Waals surface area contributed by atoms with Crippen molar-refractivity contribution in [2.24, 2.45) is 5.92 Å². The first-order valence-electron chi connectivity index (χ1n) is 11.0. The summed E-state index contributed by atoms with van der Waals surface area (Å²) in [6.07, 6.45) is 5.15. The van der Waals surface area contributed by atoms with Crippen LogP contribution in [-0.4, -0.2) is 29.0 Å². The van der Waals surface area contributed by atoms with Crippen LogP contribution >= 0.6 is 0 Å². The van der Waals surface area contributed by atoms with Crippen LogP contribution in [-0.2, 0) is 4.79 Å². The molecule has 4 aromatic rings. The third-order valence-electron chi connectivity index (χ3n) is 6.04. The molecule has 1 aliphatic rings. The number of benzene rings is 2. The Morgan fingerprint density at radius 3 is 2.85 bits per heavy atom. The van der Waals surface area contributed by atoms with Crippen LogP contribution in [0.2, 0.25) is 0 Å². The molecule has 168 valence electrons. The fourth-order valence-corrected chi connectivity index (χ4v) is 4.29. The van der Waals surface area contributed by atoms with Gasteiger partial charge >= 0.3 is 0 Å². The number of nitrogens with zero attached hydrogens (tertiary/aromatic N) is 2. The molecule has 3 N–H and O–H groups in total. The van der Waals surface area contributed by atoms with Gasteiger partial charge in [-0.3, -0.25) is 9.69 Å². The summed E-state index contributed by atoms with van der Waals surface area (Å²) in [5, 5.41) is 4.08. The fourth-order valence-electron chi connectivity index (χ4n) is 4.29. The summed E-state index contributed by atoms with van der Waals surface area (Å²) in [5.41, 5.74) is 2.63. The molecule has 0 radical (unpaired) electrons. The average molecular weight is 447 g/mol. The van der Waals surface area contributed by atoms with Crippen molar-refractivity contribution in [2.45, 2.75) is 19.8 Å². The first-order valence-corrected chi connectivity index (χ1v) is 11.0. The molecule has 0 saturated carbocycles. The number of aromatic nitrogens is 3. The van der Waals surface area contributed by atoms with Crippen LogP contribution in [0.3, 0.4) is 0 Å². The van der Waals surface area contributed by atoms with Gasteiger partial charge < -0.3 is 15.0 Å². The number of fused-ring (bicyclic) bond motifs is 1. The van der Waals surface area contributed by atoms with Crippen molar-refractivity contribution in [1.82, 2.24) is 9.97 Å². The number of rotatable bonds is 5. The zero-order chi connectivity index (χ0) is 22.8. The first-order chi connectivity index (χ1) is 16.1. The first kappa shape index (κ1) is 20.9. The molecular formula is C25H25FN5O2+. The monoisotopic (exact) mass is 446 g/mol. The van der Waals surface area contributed by atoms with Crippen molar-refractivity contribution >= 4 is 28.4 Å². The lowest BCUT2D eigenvalue weighted by Gasteiger charge is -2.28. The molecule has 2 aromatic heterocycles. The lowest BCUT2D eigenvalue weighted by atomic mass is 9.95. The quantitative estimate of drug-likeness (QED) is 0.474. The number of aryl methyl sites for hydroxylation is 1. The van der Waals surface area contributed by atoms with E-state index in [4.69, 9.17) is 4.74 Å². The summed E-state index contributed by atoms with van der Waals surface area (Å²) < 4.78 is 19.5. The van der Waals surface area contributed by atoms with Crippen molar-refractivity contribution in [3.05, 3.63) is 72.4 Å². The Balaban J connectivity index is 1.22. The van der Waals surface area contributed by atoms with Gasteiger partial charge in [0.1, 0.15) is 11.1 Å². The molecule has 1 aliphatic heterocycles. The molecule has 3 heterocycles. The molecule has 1 saturated heterocycles. The number of nitrogens with one attached hydrogen (secondary N) is 3. The van der Waals surface area contributed by atoms with Crippen molar-refractivity contribution < 1.29 is 18.9 Å². The Hall–Kier alpha value is -3.94. The second-order valence-electron chi connectivity index (χ2n) is 8.26. The van der Waals surface area contributed by atoms with Crippen LogP contribution in [0.4, 0.5) is 15.9 Å². The molecule has 0 aliphatic carbocycles. The van der Waals surface area contributed by atoms with E-state index in [1.54, 1.807) is 48.8 Å². The number of hydrogen-bond donors (Lipinski definition) is 2. The van der Waals surface area contributed by atoms with Gasteiger partial charge in [-0.05, 0) is 49.6 Å². The molecule has 2 aromatic carbocycles. The van der Waals surface area contributed by atoms with E-state index in [0.29, 0.717) is 11.4 Å². The zero-order valence-corrected chi connectivity index (χ0v) is 18.3. The van der Waals surface area contributed by atoms with Gasteiger partial charge in [-0.25, -0.2) is 9.37 Å². The number of piperidine rings is 1. The number of H-pyrrole nitrogens is 2. The summed E-state index contributed by atoms with van der Waals surface area (Å²) in [5.74, 6) is 1.12. The fraction of sp³-hybridized carbons (Fsp3) is 0.240. The predicted molar refractivity (Wildman–Crippen MR) is 124 cm³/mol. The average Bonchev–Trinajstić information content (AvgIpc) is 3.22. The largest absolute Gasteiger partial charge is 0.454 e. The van der Waals surface area contributed by atoms with Crippen LogP contribution in [0, 0.1) is 18.7 Å². The summed E-state index contributed by atoms with van der Waals surface area (Å²) in [6.45, 7) is 3.60. The molecular weight excluding hydrogens is 421 g/mol. The number of ether oxygens (including phenoxy) is 1. The summed E-state index contributed by atoms with van der Waals surface area (Å²) in [7, 11) is 0. The van der Waals surface area contributed by atoms with Crippen molar-refractivity contribution in [1.29, 1.82) is 0 Å². The van der Waals surface area contributed by atoms with Gasteiger partial charge in [0.25, 0.3) is 0 Å². The van der Waals surface area contributed by atoms with Gasteiger partial charge in [0.2, 0.25) is 23.7 Å². The van der Waals surface area contributed by atoms with Gasteiger partial charge in [0.15, 0.2) is 11.6 Å². The Kier molecular flexibility index (Phi) is 5.64. The zero-order valence-electron chi connectivity index (χ0n) is 18.3. The lowest BCUT2D eigenvalue weighted by Crippen LogP contribution is -2.40. The van der Waals surface area contributed by atoms with Crippen LogP contribution in [0.15, 0.2) is 61.1 Å². The predicted octanol–water partition coefficient (Wildman–Crippen LogP) is 4.47. The topological polar surface area (TPSA) is 84.4 Å². The standard InChI is InChI=1S/C25H24FN5O2/c1-16-14-27-23-22(16)24(29-15-28-23)31-11-9-17(10-12-31)25(32)30-18-5-4-6-19(13-18)33-21-8-3-2-7-20(21)26/h2-8,13-15,17H,9-12H2,1H3,(H,30,32)(H,27,28,29)/p+1. The number of aromatic amines is 2. The van der Waals surface area contributed by atoms with Crippen LogP contribution in [0.5, 0.6) is 11.5 Å². The second-order valence-corrected chi connectivity index (χ2v) is 8.26. The van der Waals surface area contributed by atoms with Gasteiger partial charge in [0.05, 0.1) is 13.1 Å². The molecule has 0 spiro atoms. The van der Waals surface area contributed by atoms with Gasteiger partial charge in [-0.1, -0.05) is 23.2 Å². The van der Waals surface area contributed by atoms with Crippen molar-refractivity contribution in [2.75, 3.05) is 23.3 Å². The number of anilines is 2. The van der Waals surface area contributed by atoms with Gasteiger partial charge in [-0.15, -0.1) is 0 Å². The highest BCUT2D eigenvalue weighted by Gasteiger charge is 2.30. The molecule has 8 heteroatoms. The van der Waals surface area contributed by atoms with E-state index in [1.807, 2.05) is 6.20 Å². The highest BCUT2D eigenvalue weighted by molar-refractivity contribution is 5.93. The van der Waals surface area contributed by atoms with Crippen LogP contribution in [0.1, 0.15) is 18.4 Å². The van der Waals surface area contributed by atoms with E-state index in [2.05, 4.69) is 32.1 Å². The Morgan fingerprint density at radius 1 is 1.21 bits per heavy atom. The molecule has 1 fully saturated rings. The maximum absolute atomic E-state index is 13.9. The molecule has 7 nitrogen and oxygen atoms in total. The summed E-state index contributed by atoms with van der Waals surface area (Å²) in [6, 6.07) is 13.3. The van der Waals surface area contributed by atoms with E-state index in [9.17, 15) is 9.18 Å². The Morgan fingerprint density at radius 2 is 2.03 bits per heavy atom. The third-order valence-corrected chi connectivity index (χ3v) is 6.04. The minimum Gasteiger partial charge on any atom is -0.454 e. The molecule has 5 rings (SSSR count). The number of carbonyl (C=O) groups excluding carboxylic acids is 1. The Bertz CT molecular complexity index is 1300. The highest BCUT2D eigenvalue weighted by Crippen LogP contribution is 2.29. The van der Waals surface area contributed by atoms with Crippen LogP contribution < -0.4 is 19.9 Å². The maximum Gasteiger partial charge on any atom is 0.234 e. The maximum atomic E-state index is 13.9. The number of amides is 1. The molecule has 1 amide bonds. The molecule has 0 bridgehead atoms. The van der Waals surface area contributed by atoms with E-state index >= 15 is 0 Å². The summed E-state index contributed by atoms with van der Waals surface area (Å²) >= 11 is 0. The number of hydrogen-bond acceptors (Lipinski definition) is 4. The summed E-state index contributed by atoms with van der Waals surface area (Å²) in [4.78, 5) is 26.0. The third kappa shape index (κ3) is 4.37. The minimum absolute atomic E-state index is 0.0145. The lowest BCUT2D eigenvalue weighted by molar-refractivity contribution is -0.367. The van der Waals surface area contributed by atoms with Crippen LogP contribution in [0.25, 0.3) is 11.0 Å². The highest BCUT2D eigenvalue weighted by atomic mass is 19.1. The van der Waals surface area contributed by atoms with Crippen molar-refractivity contribution in [3.8, 4) is 11.5 Å². The normalized spacial score (nSPS) is 14.4. The number of halogens is 1. The molecule has 0 unspecified atom stereocenters. The molecule has 0 atom stereocenters. The van der Waals surface area contributed by atoms with E-state index < -0.39 is 5.82 Å².